The minimum Gasteiger partial charge on any atom is -0.496 e. The van der Waals surface area contributed by atoms with E-state index in [1.54, 1.807) is 0 Å². The van der Waals surface area contributed by atoms with Gasteiger partial charge in [-0.05, 0) is 35.9 Å². The Morgan fingerprint density at radius 2 is 1.81 bits per heavy atom. The van der Waals surface area contributed by atoms with Gasteiger partial charge in [0.25, 0.3) is 0 Å². The van der Waals surface area contributed by atoms with Crippen LogP contribution in [0.5, 0.6) is 5.75 Å². The number of alkyl halides is 3. The number of ether oxygens (including phenoxy) is 1. The first-order valence-electron chi connectivity index (χ1n) is 6.09. The molecular weight excluding hydrogens is 286 g/mol. The van der Waals surface area contributed by atoms with Crippen molar-refractivity contribution >= 4 is 0 Å². The molecule has 0 bridgehead atoms. The minimum atomic E-state index is -4.46. The summed E-state index contributed by atoms with van der Waals surface area (Å²) in [5.74, 6) is -0.213. The van der Waals surface area contributed by atoms with Crippen molar-refractivity contribution in [2.75, 3.05) is 7.11 Å². The van der Waals surface area contributed by atoms with Gasteiger partial charge in [0, 0.05) is 5.56 Å². The minimum absolute atomic E-state index is 0.230. The highest BCUT2D eigenvalue weighted by molar-refractivity contribution is 5.42. The smallest absolute Gasteiger partial charge is 0.416 e. The lowest BCUT2D eigenvalue weighted by Gasteiger charge is -2.17. The van der Waals surface area contributed by atoms with Gasteiger partial charge in [-0.1, -0.05) is 12.1 Å². The van der Waals surface area contributed by atoms with Crippen molar-refractivity contribution in [1.82, 2.24) is 0 Å². The first kappa shape index (κ1) is 15.3. The maximum absolute atomic E-state index is 13.3. The molecule has 2 N–H and O–H groups in total. The summed E-state index contributed by atoms with van der Waals surface area (Å²) in [6.45, 7) is 0. The van der Waals surface area contributed by atoms with Crippen LogP contribution in [0, 0.1) is 5.82 Å². The molecule has 0 heterocycles. The normalized spacial score (nSPS) is 13.0. The Labute approximate surface area is 119 Å². The summed E-state index contributed by atoms with van der Waals surface area (Å²) in [4.78, 5) is 0. The highest BCUT2D eigenvalue weighted by atomic mass is 19.4. The molecule has 0 aromatic heterocycles. The van der Waals surface area contributed by atoms with Crippen molar-refractivity contribution in [2.24, 2.45) is 5.73 Å². The molecule has 0 saturated carbocycles. The Morgan fingerprint density at radius 3 is 2.43 bits per heavy atom. The molecule has 0 saturated heterocycles. The molecule has 0 radical (unpaired) electrons. The molecule has 6 heteroatoms. The zero-order chi connectivity index (χ0) is 15.6. The quantitative estimate of drug-likeness (QED) is 0.872. The second-order valence-corrected chi connectivity index (χ2v) is 4.49. The lowest BCUT2D eigenvalue weighted by Crippen LogP contribution is -2.15. The Kier molecular flexibility index (Phi) is 4.18. The SMILES string of the molecule is COc1ccc(F)cc1C(N)c1cccc(C(F)(F)F)c1. The fourth-order valence-electron chi connectivity index (χ4n) is 2.04. The lowest BCUT2D eigenvalue weighted by molar-refractivity contribution is -0.137. The van der Waals surface area contributed by atoms with Crippen LogP contribution in [0.3, 0.4) is 0 Å². The molecule has 0 fully saturated rings. The van der Waals surface area contributed by atoms with Gasteiger partial charge in [-0.15, -0.1) is 0 Å². The zero-order valence-corrected chi connectivity index (χ0v) is 11.1. The molecule has 0 spiro atoms. The van der Waals surface area contributed by atoms with Crippen LogP contribution >= 0.6 is 0 Å². The molecule has 0 aliphatic rings. The van der Waals surface area contributed by atoms with Crippen LogP contribution in [0.2, 0.25) is 0 Å². The van der Waals surface area contributed by atoms with Crippen LogP contribution < -0.4 is 10.5 Å². The number of rotatable bonds is 3. The Morgan fingerprint density at radius 1 is 1.10 bits per heavy atom. The summed E-state index contributed by atoms with van der Waals surface area (Å²) in [6.07, 6.45) is -4.46. The van der Waals surface area contributed by atoms with Crippen LogP contribution in [0.25, 0.3) is 0 Å². The largest absolute Gasteiger partial charge is 0.496 e. The summed E-state index contributed by atoms with van der Waals surface area (Å²) in [6, 6.07) is 7.46. The van der Waals surface area contributed by atoms with Crippen molar-refractivity contribution in [3.63, 3.8) is 0 Å². The van der Waals surface area contributed by atoms with E-state index in [-0.39, 0.29) is 11.1 Å². The standard InChI is InChI=1S/C15H13F4NO/c1-21-13-6-5-11(16)8-12(13)14(20)9-3-2-4-10(7-9)15(17,18)19/h2-8,14H,20H2,1H3. The molecule has 2 nitrogen and oxygen atoms in total. The van der Waals surface area contributed by atoms with Gasteiger partial charge >= 0.3 is 6.18 Å². The second-order valence-electron chi connectivity index (χ2n) is 4.49. The topological polar surface area (TPSA) is 35.2 Å². The van der Waals surface area contributed by atoms with Crippen LogP contribution in [0.4, 0.5) is 17.6 Å². The highest BCUT2D eigenvalue weighted by Crippen LogP contribution is 2.33. The molecule has 2 aromatic rings. The van der Waals surface area contributed by atoms with Crippen molar-refractivity contribution in [3.8, 4) is 5.75 Å². The van der Waals surface area contributed by atoms with Gasteiger partial charge < -0.3 is 10.5 Å². The van der Waals surface area contributed by atoms with Gasteiger partial charge in [0.05, 0.1) is 18.7 Å². The predicted octanol–water partition coefficient (Wildman–Crippen LogP) is 3.90. The molecular formula is C15H13F4NO. The third-order valence-electron chi connectivity index (χ3n) is 3.10. The lowest BCUT2D eigenvalue weighted by atomic mass is 9.97. The Balaban J connectivity index is 2.45. The van der Waals surface area contributed by atoms with Crippen molar-refractivity contribution in [2.45, 2.75) is 12.2 Å². The van der Waals surface area contributed by atoms with Crippen LogP contribution in [0.1, 0.15) is 22.7 Å². The van der Waals surface area contributed by atoms with Gasteiger partial charge in [-0.25, -0.2) is 4.39 Å². The molecule has 1 atom stereocenters. The van der Waals surface area contributed by atoms with E-state index in [2.05, 4.69) is 0 Å². The van der Waals surface area contributed by atoms with Crippen molar-refractivity contribution in [1.29, 1.82) is 0 Å². The monoisotopic (exact) mass is 299 g/mol. The van der Waals surface area contributed by atoms with Gasteiger partial charge in [-0.3, -0.25) is 0 Å². The van der Waals surface area contributed by atoms with E-state index in [1.807, 2.05) is 0 Å². The predicted molar refractivity (Wildman–Crippen MR) is 70.4 cm³/mol. The highest BCUT2D eigenvalue weighted by Gasteiger charge is 2.31. The van der Waals surface area contributed by atoms with E-state index in [4.69, 9.17) is 10.5 Å². The van der Waals surface area contributed by atoms with Crippen LogP contribution in [-0.4, -0.2) is 7.11 Å². The molecule has 0 aliphatic heterocycles. The summed E-state index contributed by atoms with van der Waals surface area (Å²) in [5.41, 5.74) is 5.68. The molecule has 2 aromatic carbocycles. The summed E-state index contributed by atoms with van der Waals surface area (Å²) >= 11 is 0. The fourth-order valence-corrected chi connectivity index (χ4v) is 2.04. The summed E-state index contributed by atoms with van der Waals surface area (Å²) in [5, 5.41) is 0. The molecule has 2 rings (SSSR count). The summed E-state index contributed by atoms with van der Waals surface area (Å²) in [7, 11) is 1.38. The Hall–Kier alpha value is -2.08. The van der Waals surface area contributed by atoms with E-state index in [0.29, 0.717) is 5.75 Å². The number of hydrogen-bond donors (Lipinski definition) is 1. The maximum Gasteiger partial charge on any atom is 0.416 e. The number of methoxy groups -OCH3 is 1. The van der Waals surface area contributed by atoms with Crippen molar-refractivity contribution < 1.29 is 22.3 Å². The van der Waals surface area contributed by atoms with Gasteiger partial charge in [0.1, 0.15) is 11.6 Å². The van der Waals surface area contributed by atoms with E-state index >= 15 is 0 Å². The van der Waals surface area contributed by atoms with Crippen LogP contribution in [-0.2, 0) is 6.18 Å². The zero-order valence-electron chi connectivity index (χ0n) is 11.1. The second kappa shape index (κ2) is 5.73. The fraction of sp³-hybridized carbons (Fsp3) is 0.200. The molecule has 1 unspecified atom stereocenters. The number of benzene rings is 2. The van der Waals surface area contributed by atoms with E-state index < -0.39 is 23.6 Å². The molecule has 0 aliphatic carbocycles. The average Bonchev–Trinajstić information content (AvgIpc) is 2.45. The maximum atomic E-state index is 13.3. The van der Waals surface area contributed by atoms with Crippen LogP contribution in [0.15, 0.2) is 42.5 Å². The number of halogens is 4. The summed E-state index contributed by atoms with van der Waals surface area (Å²) < 4.78 is 56.6. The van der Waals surface area contributed by atoms with Crippen molar-refractivity contribution in [3.05, 3.63) is 65.0 Å². The van der Waals surface area contributed by atoms with E-state index in [9.17, 15) is 17.6 Å². The third kappa shape index (κ3) is 3.33. The molecule has 21 heavy (non-hydrogen) atoms. The van der Waals surface area contributed by atoms with Gasteiger partial charge in [0.15, 0.2) is 0 Å². The Bertz CT molecular complexity index is 640. The first-order chi connectivity index (χ1) is 9.82. The van der Waals surface area contributed by atoms with Gasteiger partial charge in [-0.2, -0.15) is 13.2 Å². The molecule has 112 valence electrons. The number of nitrogens with two attached hydrogens (primary N) is 1. The number of hydrogen-bond acceptors (Lipinski definition) is 2. The third-order valence-corrected chi connectivity index (χ3v) is 3.10. The average molecular weight is 299 g/mol. The van der Waals surface area contributed by atoms with E-state index in [0.717, 1.165) is 18.2 Å². The van der Waals surface area contributed by atoms with E-state index in [1.165, 1.54) is 31.4 Å². The van der Waals surface area contributed by atoms with Gasteiger partial charge in [0.2, 0.25) is 0 Å². The molecule has 0 amide bonds. The first-order valence-corrected chi connectivity index (χ1v) is 6.09.